The second-order valence-corrected chi connectivity index (χ2v) is 8.34. The summed E-state index contributed by atoms with van der Waals surface area (Å²) in [5, 5.41) is 17.0. The Morgan fingerprint density at radius 2 is 1.76 bits per heavy atom. The fraction of sp³-hybridized carbons (Fsp3) is 0.0500. The number of fused-ring (bicyclic) bond motifs is 1. The van der Waals surface area contributed by atoms with E-state index in [2.05, 4.69) is 20.3 Å². The van der Waals surface area contributed by atoms with Crippen LogP contribution in [0.2, 0.25) is 0 Å². The molecule has 5 rings (SSSR count). The van der Waals surface area contributed by atoms with E-state index in [1.54, 1.807) is 45.7 Å². The highest BCUT2D eigenvalue weighted by atomic mass is 32.2. The number of hydrogen-bond acceptors (Lipinski definition) is 8. The van der Waals surface area contributed by atoms with Crippen LogP contribution in [-0.4, -0.2) is 53.8 Å². The van der Waals surface area contributed by atoms with Gasteiger partial charge in [-0.1, -0.05) is 0 Å². The number of aromatic nitrogens is 7. The van der Waals surface area contributed by atoms with E-state index in [1.807, 2.05) is 12.3 Å². The minimum atomic E-state index is -3.67. The fourth-order valence-corrected chi connectivity index (χ4v) is 2.98. The van der Waals surface area contributed by atoms with Crippen molar-refractivity contribution in [3.63, 3.8) is 0 Å². The van der Waals surface area contributed by atoms with Gasteiger partial charge in [-0.25, -0.2) is 14.1 Å². The van der Waals surface area contributed by atoms with Crippen molar-refractivity contribution in [2.75, 3.05) is 12.0 Å². The van der Waals surface area contributed by atoms with Crippen LogP contribution in [0.5, 0.6) is 0 Å². The number of hydrogen-bond donors (Lipinski definition) is 2. The van der Waals surface area contributed by atoms with Crippen molar-refractivity contribution in [2.24, 2.45) is 0 Å². The molecule has 168 valence electrons. The molecule has 0 atom stereocenters. The SMILES string of the molecule is CS(=O)(=O)O.Nc1cc(-c2cn(-c3ccc4nncn4n3)nc2-c2ccc(F)cc2)ccn1. The average Bonchev–Trinajstić information content (AvgIpc) is 3.40. The molecule has 4 aromatic heterocycles. The zero-order valence-corrected chi connectivity index (χ0v) is 17.9. The maximum Gasteiger partial charge on any atom is 0.261 e. The quantitative estimate of drug-likeness (QED) is 0.379. The third-order valence-electron chi connectivity index (χ3n) is 4.31. The largest absolute Gasteiger partial charge is 0.384 e. The van der Waals surface area contributed by atoms with Crippen molar-refractivity contribution < 1.29 is 17.4 Å². The first-order valence-electron chi connectivity index (χ1n) is 9.35. The number of pyridine rings is 1. The molecule has 0 aliphatic carbocycles. The van der Waals surface area contributed by atoms with Gasteiger partial charge in [-0.2, -0.15) is 18.0 Å². The fourth-order valence-electron chi connectivity index (χ4n) is 2.98. The number of rotatable bonds is 3. The van der Waals surface area contributed by atoms with Gasteiger partial charge in [-0.05, 0) is 54.1 Å². The highest BCUT2D eigenvalue weighted by Crippen LogP contribution is 2.32. The number of nitrogens with two attached hydrogens (primary N) is 1. The van der Waals surface area contributed by atoms with Crippen molar-refractivity contribution >= 4 is 21.6 Å². The molecule has 0 fully saturated rings. The minimum absolute atomic E-state index is 0.308. The number of halogens is 1. The van der Waals surface area contributed by atoms with Gasteiger partial charge in [0.2, 0.25) is 0 Å². The van der Waals surface area contributed by atoms with Gasteiger partial charge >= 0.3 is 0 Å². The molecule has 11 nitrogen and oxygen atoms in total. The Labute approximate surface area is 187 Å². The van der Waals surface area contributed by atoms with Gasteiger partial charge in [-0.3, -0.25) is 4.55 Å². The normalized spacial score (nSPS) is 11.2. The van der Waals surface area contributed by atoms with E-state index in [0.717, 1.165) is 16.7 Å². The molecule has 0 spiro atoms. The predicted molar refractivity (Wildman–Crippen MR) is 118 cm³/mol. The average molecular weight is 468 g/mol. The maximum atomic E-state index is 13.4. The highest BCUT2D eigenvalue weighted by molar-refractivity contribution is 7.85. The molecule has 3 N–H and O–H groups in total. The van der Waals surface area contributed by atoms with Gasteiger partial charge in [0.25, 0.3) is 10.1 Å². The van der Waals surface area contributed by atoms with E-state index in [-0.39, 0.29) is 5.82 Å². The molecule has 0 unspecified atom stereocenters. The molecule has 4 heterocycles. The molecular weight excluding hydrogens is 451 g/mol. The number of nitrogen functional groups attached to an aromatic ring is 1. The van der Waals surface area contributed by atoms with Crippen molar-refractivity contribution in [3.05, 3.63) is 73.1 Å². The van der Waals surface area contributed by atoms with Crippen LogP contribution in [0.25, 0.3) is 33.8 Å². The van der Waals surface area contributed by atoms with E-state index in [9.17, 15) is 12.8 Å². The molecule has 0 amide bonds. The monoisotopic (exact) mass is 468 g/mol. The number of nitrogens with zero attached hydrogens (tertiary/aromatic N) is 7. The Hall–Kier alpha value is -4.23. The molecule has 1 aromatic carbocycles. The Morgan fingerprint density at radius 3 is 2.45 bits per heavy atom. The van der Waals surface area contributed by atoms with Crippen LogP contribution < -0.4 is 5.73 Å². The Morgan fingerprint density at radius 1 is 1.03 bits per heavy atom. The van der Waals surface area contributed by atoms with Crippen LogP contribution in [-0.2, 0) is 10.1 Å². The zero-order chi connectivity index (χ0) is 23.6. The Balaban J connectivity index is 0.000000471. The van der Waals surface area contributed by atoms with Crippen molar-refractivity contribution in [3.8, 4) is 28.2 Å². The summed E-state index contributed by atoms with van der Waals surface area (Å²) in [6.45, 7) is 0. The highest BCUT2D eigenvalue weighted by Gasteiger charge is 2.16. The van der Waals surface area contributed by atoms with Gasteiger partial charge < -0.3 is 5.73 Å². The third-order valence-corrected chi connectivity index (χ3v) is 4.31. The van der Waals surface area contributed by atoms with Gasteiger partial charge in [0.1, 0.15) is 23.7 Å². The van der Waals surface area contributed by atoms with Crippen LogP contribution in [0, 0.1) is 5.82 Å². The topological polar surface area (TPSA) is 154 Å². The first-order chi connectivity index (χ1) is 15.7. The van der Waals surface area contributed by atoms with Crippen LogP contribution in [0.4, 0.5) is 10.2 Å². The first-order valence-corrected chi connectivity index (χ1v) is 11.2. The summed E-state index contributed by atoms with van der Waals surface area (Å²) in [5.41, 5.74) is 9.62. The molecule has 0 aliphatic heterocycles. The predicted octanol–water partition coefficient (Wildman–Crippen LogP) is 2.26. The van der Waals surface area contributed by atoms with Crippen LogP contribution >= 0.6 is 0 Å². The van der Waals surface area contributed by atoms with E-state index in [1.165, 1.54) is 18.5 Å². The third kappa shape index (κ3) is 5.34. The van der Waals surface area contributed by atoms with Gasteiger partial charge in [0, 0.05) is 23.5 Å². The van der Waals surface area contributed by atoms with E-state index < -0.39 is 10.1 Å². The molecule has 0 radical (unpaired) electrons. The standard InChI is InChI=1S/C19H13FN8.CH4O3S/c20-14-3-1-12(2-4-14)19-15(13-7-8-22-16(21)9-13)10-27(26-19)18-6-5-17-24-23-11-28(17)25-18;1-5(2,3)4/h1-11H,(H2,21,22);1H3,(H,2,3,4). The first kappa shape index (κ1) is 22.0. The summed E-state index contributed by atoms with van der Waals surface area (Å²) in [6.07, 6.45) is 5.73. The zero-order valence-electron chi connectivity index (χ0n) is 17.1. The summed E-state index contributed by atoms with van der Waals surface area (Å²) in [5.74, 6) is 0.681. The molecule has 0 saturated heterocycles. The lowest BCUT2D eigenvalue weighted by atomic mass is 10.0. The van der Waals surface area contributed by atoms with Gasteiger partial charge in [0.15, 0.2) is 11.5 Å². The van der Waals surface area contributed by atoms with Crippen molar-refractivity contribution in [1.82, 2.24) is 34.6 Å². The summed E-state index contributed by atoms with van der Waals surface area (Å²) in [7, 11) is -3.67. The summed E-state index contributed by atoms with van der Waals surface area (Å²) in [6, 6.07) is 13.4. The molecule has 0 bridgehead atoms. The van der Waals surface area contributed by atoms with Crippen molar-refractivity contribution in [1.29, 1.82) is 0 Å². The van der Waals surface area contributed by atoms with Crippen molar-refractivity contribution in [2.45, 2.75) is 0 Å². The lowest BCUT2D eigenvalue weighted by Crippen LogP contribution is -2.02. The van der Waals surface area contributed by atoms with Crippen LogP contribution in [0.3, 0.4) is 0 Å². The molecule has 33 heavy (non-hydrogen) atoms. The lowest BCUT2D eigenvalue weighted by Gasteiger charge is -2.03. The lowest BCUT2D eigenvalue weighted by molar-refractivity contribution is 0.490. The Kier molecular flexibility index (Phi) is 5.81. The van der Waals surface area contributed by atoms with Gasteiger partial charge in [-0.15, -0.1) is 15.3 Å². The van der Waals surface area contributed by atoms with E-state index >= 15 is 0 Å². The molecular formula is C20H17FN8O3S. The Bertz CT molecular complexity index is 1520. The second-order valence-electron chi connectivity index (χ2n) is 6.87. The molecule has 13 heteroatoms. The maximum absolute atomic E-state index is 13.4. The molecule has 5 aromatic rings. The smallest absolute Gasteiger partial charge is 0.261 e. The van der Waals surface area contributed by atoms with Crippen LogP contribution in [0.1, 0.15) is 0 Å². The second kappa shape index (κ2) is 8.72. The van der Waals surface area contributed by atoms with E-state index in [4.69, 9.17) is 15.4 Å². The summed E-state index contributed by atoms with van der Waals surface area (Å²) in [4.78, 5) is 4.04. The summed E-state index contributed by atoms with van der Waals surface area (Å²) < 4.78 is 42.5. The van der Waals surface area contributed by atoms with E-state index in [0.29, 0.717) is 29.2 Å². The summed E-state index contributed by atoms with van der Waals surface area (Å²) >= 11 is 0. The molecule has 0 aliphatic rings. The minimum Gasteiger partial charge on any atom is -0.384 e. The van der Waals surface area contributed by atoms with Crippen LogP contribution in [0.15, 0.2) is 67.3 Å². The molecule has 0 saturated carbocycles. The van der Waals surface area contributed by atoms with Gasteiger partial charge in [0.05, 0.1) is 6.26 Å². The number of anilines is 1. The number of benzene rings is 1.